The van der Waals surface area contributed by atoms with Crippen LogP contribution in [-0.4, -0.2) is 40.7 Å². The molecule has 0 spiro atoms. The van der Waals surface area contributed by atoms with Gasteiger partial charge >= 0.3 is 0 Å². The summed E-state index contributed by atoms with van der Waals surface area (Å²) >= 11 is 0. The number of benzene rings is 2. The van der Waals surface area contributed by atoms with E-state index in [1.807, 2.05) is 47.0 Å². The number of nitrogens with one attached hydrogen (secondary N) is 1. The van der Waals surface area contributed by atoms with Crippen molar-refractivity contribution >= 4 is 33.9 Å². The number of para-hydroxylation sites is 2. The minimum Gasteiger partial charge on any atom is -0.493 e. The van der Waals surface area contributed by atoms with Crippen LogP contribution in [0.1, 0.15) is 41.6 Å². The van der Waals surface area contributed by atoms with Gasteiger partial charge < -0.3 is 25.1 Å². The van der Waals surface area contributed by atoms with Gasteiger partial charge in [0.15, 0.2) is 17.1 Å². The number of carbonyl (C=O) groups excluding carboxylic acids is 1. The van der Waals surface area contributed by atoms with E-state index in [1.165, 1.54) is 0 Å². The molecule has 2 aromatic carbocycles. The third kappa shape index (κ3) is 4.00. The highest BCUT2D eigenvalue weighted by atomic mass is 16.5. The quantitative estimate of drug-likeness (QED) is 0.431. The zero-order valence-electron chi connectivity index (χ0n) is 19.5. The van der Waals surface area contributed by atoms with Crippen molar-refractivity contribution in [1.82, 2.24) is 19.9 Å². The van der Waals surface area contributed by atoms with Gasteiger partial charge in [-0.25, -0.2) is 9.97 Å². The third-order valence-corrected chi connectivity index (χ3v) is 6.58. The average molecular weight is 460 g/mol. The van der Waals surface area contributed by atoms with Gasteiger partial charge in [-0.1, -0.05) is 31.0 Å². The molecule has 0 saturated heterocycles. The smallest absolute Gasteiger partial charge is 0.257 e. The molecule has 0 atom stereocenters. The summed E-state index contributed by atoms with van der Waals surface area (Å²) in [5.74, 6) is 1.57. The Morgan fingerprint density at radius 2 is 1.76 bits per heavy atom. The standard InChI is InChI=1S/C26H29N5O3/c1-33-20-12-11-16(15-21(20)34-2)13-14-31-24(27)22(26(32)28-17-7-3-4-8-17)23-25(31)30-19-10-6-5-9-18(19)29-23/h5-6,9-12,15,17H,3-4,7-8,13-14,27H2,1-2H3,(H,28,32). The number of anilines is 1. The van der Waals surface area contributed by atoms with E-state index in [9.17, 15) is 4.79 Å². The summed E-state index contributed by atoms with van der Waals surface area (Å²) in [4.78, 5) is 23.0. The number of carbonyl (C=O) groups is 1. The Labute approximate surface area is 198 Å². The van der Waals surface area contributed by atoms with E-state index in [4.69, 9.17) is 25.2 Å². The van der Waals surface area contributed by atoms with Crippen molar-refractivity contribution < 1.29 is 14.3 Å². The predicted molar refractivity (Wildman–Crippen MR) is 132 cm³/mol. The van der Waals surface area contributed by atoms with E-state index >= 15 is 0 Å². The summed E-state index contributed by atoms with van der Waals surface area (Å²) in [7, 11) is 3.24. The topological polar surface area (TPSA) is 104 Å². The molecule has 0 bridgehead atoms. The molecule has 176 valence electrons. The number of rotatable bonds is 7. The van der Waals surface area contributed by atoms with Crippen LogP contribution in [0.5, 0.6) is 11.5 Å². The molecule has 1 fully saturated rings. The number of nitrogens with two attached hydrogens (primary N) is 1. The van der Waals surface area contributed by atoms with Crippen LogP contribution < -0.4 is 20.5 Å². The first kappa shape index (κ1) is 22.0. The lowest BCUT2D eigenvalue weighted by atomic mass is 10.1. The number of ether oxygens (including phenoxy) is 2. The molecule has 2 aromatic heterocycles. The second-order valence-corrected chi connectivity index (χ2v) is 8.69. The third-order valence-electron chi connectivity index (χ3n) is 6.58. The molecule has 5 rings (SSSR count). The zero-order valence-corrected chi connectivity index (χ0v) is 19.5. The number of amides is 1. The molecule has 8 nitrogen and oxygen atoms in total. The molecule has 0 unspecified atom stereocenters. The molecular formula is C26H29N5O3. The second kappa shape index (κ2) is 9.21. The second-order valence-electron chi connectivity index (χ2n) is 8.69. The van der Waals surface area contributed by atoms with Crippen molar-refractivity contribution in [1.29, 1.82) is 0 Å². The molecule has 2 heterocycles. The van der Waals surface area contributed by atoms with Gasteiger partial charge in [0, 0.05) is 12.6 Å². The van der Waals surface area contributed by atoms with Crippen molar-refractivity contribution in [2.24, 2.45) is 0 Å². The van der Waals surface area contributed by atoms with Gasteiger partial charge in [0.05, 0.1) is 25.3 Å². The molecule has 3 N–H and O–H groups in total. The van der Waals surface area contributed by atoms with Crippen LogP contribution in [0.3, 0.4) is 0 Å². The van der Waals surface area contributed by atoms with E-state index in [0.29, 0.717) is 47.0 Å². The molecule has 1 aliphatic carbocycles. The zero-order chi connectivity index (χ0) is 23.7. The number of hydrogen-bond acceptors (Lipinski definition) is 6. The maximum absolute atomic E-state index is 13.3. The summed E-state index contributed by atoms with van der Waals surface area (Å²) in [6.45, 7) is 0.543. The number of methoxy groups -OCH3 is 2. The first-order valence-electron chi connectivity index (χ1n) is 11.6. The first-order chi connectivity index (χ1) is 16.6. The fraction of sp³-hybridized carbons (Fsp3) is 0.346. The number of nitrogen functional groups attached to an aromatic ring is 1. The fourth-order valence-corrected chi connectivity index (χ4v) is 4.77. The Morgan fingerprint density at radius 1 is 1.06 bits per heavy atom. The summed E-state index contributed by atoms with van der Waals surface area (Å²) < 4.78 is 12.7. The van der Waals surface area contributed by atoms with E-state index in [1.54, 1.807) is 14.2 Å². The van der Waals surface area contributed by atoms with Crippen molar-refractivity contribution in [3.8, 4) is 11.5 Å². The molecule has 0 aliphatic heterocycles. The Morgan fingerprint density at radius 3 is 2.47 bits per heavy atom. The van der Waals surface area contributed by atoms with Gasteiger partial charge in [-0.05, 0) is 49.1 Å². The number of hydrogen-bond donors (Lipinski definition) is 2. The van der Waals surface area contributed by atoms with Crippen LogP contribution in [-0.2, 0) is 13.0 Å². The predicted octanol–water partition coefficient (Wildman–Crippen LogP) is 4.10. The van der Waals surface area contributed by atoms with Gasteiger partial charge in [-0.15, -0.1) is 0 Å². The fourth-order valence-electron chi connectivity index (χ4n) is 4.77. The van der Waals surface area contributed by atoms with Crippen molar-refractivity contribution in [3.05, 3.63) is 53.6 Å². The molecule has 1 amide bonds. The molecule has 34 heavy (non-hydrogen) atoms. The monoisotopic (exact) mass is 459 g/mol. The van der Waals surface area contributed by atoms with E-state index < -0.39 is 0 Å². The average Bonchev–Trinajstić information content (AvgIpc) is 3.46. The van der Waals surface area contributed by atoms with Crippen molar-refractivity contribution in [2.75, 3.05) is 20.0 Å². The normalized spacial score (nSPS) is 14.1. The van der Waals surface area contributed by atoms with Crippen LogP contribution in [0.2, 0.25) is 0 Å². The summed E-state index contributed by atoms with van der Waals surface area (Å²) in [5.41, 5.74) is 10.7. The van der Waals surface area contributed by atoms with Crippen LogP contribution in [0, 0.1) is 0 Å². The molecule has 0 radical (unpaired) electrons. The Kier molecular flexibility index (Phi) is 5.96. The van der Waals surface area contributed by atoms with Gasteiger partial charge in [0.1, 0.15) is 16.9 Å². The van der Waals surface area contributed by atoms with Gasteiger partial charge in [0.25, 0.3) is 5.91 Å². The molecule has 1 saturated carbocycles. The Balaban J connectivity index is 1.54. The maximum Gasteiger partial charge on any atom is 0.257 e. The molecular weight excluding hydrogens is 430 g/mol. The Hall–Kier alpha value is -3.81. The maximum atomic E-state index is 13.3. The minimum atomic E-state index is -0.177. The SMILES string of the molecule is COc1ccc(CCn2c(N)c(C(=O)NC3CCCC3)c3nc4ccccc4nc32)cc1OC. The van der Waals surface area contributed by atoms with Crippen molar-refractivity contribution in [3.63, 3.8) is 0 Å². The van der Waals surface area contributed by atoms with Crippen LogP contribution in [0.15, 0.2) is 42.5 Å². The molecule has 4 aromatic rings. The Bertz CT molecular complexity index is 1360. The summed E-state index contributed by atoms with van der Waals surface area (Å²) in [6.07, 6.45) is 4.94. The highest BCUT2D eigenvalue weighted by Crippen LogP contribution is 2.31. The van der Waals surface area contributed by atoms with E-state index in [-0.39, 0.29) is 11.9 Å². The number of nitrogens with zero attached hydrogens (tertiary/aromatic N) is 3. The molecule has 8 heteroatoms. The largest absolute Gasteiger partial charge is 0.493 e. The lowest BCUT2D eigenvalue weighted by molar-refractivity contribution is 0.0940. The molecule has 1 aliphatic rings. The van der Waals surface area contributed by atoms with Crippen molar-refractivity contribution in [2.45, 2.75) is 44.7 Å². The van der Waals surface area contributed by atoms with Crippen LogP contribution in [0.25, 0.3) is 22.2 Å². The highest BCUT2D eigenvalue weighted by molar-refractivity contribution is 6.10. The number of aryl methyl sites for hydroxylation is 2. The highest BCUT2D eigenvalue weighted by Gasteiger charge is 2.26. The lowest BCUT2D eigenvalue weighted by Gasteiger charge is -2.12. The van der Waals surface area contributed by atoms with Crippen LogP contribution >= 0.6 is 0 Å². The summed E-state index contributed by atoms with van der Waals surface area (Å²) in [5, 5.41) is 3.16. The van der Waals surface area contributed by atoms with Gasteiger partial charge in [0.2, 0.25) is 0 Å². The lowest BCUT2D eigenvalue weighted by Crippen LogP contribution is -2.33. The minimum absolute atomic E-state index is 0.177. The van der Waals surface area contributed by atoms with E-state index in [0.717, 1.165) is 42.3 Å². The van der Waals surface area contributed by atoms with Gasteiger partial charge in [-0.2, -0.15) is 0 Å². The summed E-state index contributed by atoms with van der Waals surface area (Å²) in [6, 6.07) is 13.7. The van der Waals surface area contributed by atoms with E-state index in [2.05, 4.69) is 5.32 Å². The van der Waals surface area contributed by atoms with Gasteiger partial charge in [-0.3, -0.25) is 4.79 Å². The number of fused-ring (bicyclic) bond motifs is 2. The first-order valence-corrected chi connectivity index (χ1v) is 11.6. The van der Waals surface area contributed by atoms with Crippen LogP contribution in [0.4, 0.5) is 5.82 Å². The number of aromatic nitrogens is 3.